The van der Waals surface area contributed by atoms with Crippen LogP contribution >= 0.6 is 0 Å². The fraction of sp³-hybridized carbons (Fsp3) is 0.308. The molecule has 1 saturated heterocycles. The number of likely N-dealkylation sites (tertiary alicyclic amines) is 1. The van der Waals surface area contributed by atoms with E-state index in [0.717, 1.165) is 4.90 Å². The standard InChI is InChI=1S/C13H13NO4/c15-11-6-7-12(16)14(11)8-9-18-13(17)10-4-2-1-3-5-10/h1-5H,6-9H2. The average molecular weight is 247 g/mol. The van der Waals surface area contributed by atoms with Gasteiger partial charge in [0.05, 0.1) is 12.1 Å². The van der Waals surface area contributed by atoms with Crippen molar-refractivity contribution in [1.82, 2.24) is 4.90 Å². The van der Waals surface area contributed by atoms with Crippen molar-refractivity contribution in [2.45, 2.75) is 12.8 Å². The van der Waals surface area contributed by atoms with E-state index < -0.39 is 5.97 Å². The van der Waals surface area contributed by atoms with Gasteiger partial charge in [0.1, 0.15) is 6.61 Å². The van der Waals surface area contributed by atoms with Gasteiger partial charge in [-0.1, -0.05) is 18.2 Å². The zero-order chi connectivity index (χ0) is 13.0. The highest BCUT2D eigenvalue weighted by Crippen LogP contribution is 2.11. The summed E-state index contributed by atoms with van der Waals surface area (Å²) in [5, 5.41) is 0. The Kier molecular flexibility index (Phi) is 3.72. The maximum atomic E-state index is 11.6. The Morgan fingerprint density at radius 3 is 2.33 bits per heavy atom. The molecule has 94 valence electrons. The lowest BCUT2D eigenvalue weighted by Gasteiger charge is -2.13. The van der Waals surface area contributed by atoms with Gasteiger partial charge in [-0.15, -0.1) is 0 Å². The van der Waals surface area contributed by atoms with Crippen LogP contribution in [-0.2, 0) is 14.3 Å². The van der Waals surface area contributed by atoms with Crippen LogP contribution in [0.3, 0.4) is 0 Å². The SMILES string of the molecule is O=C(OCCN1C(=O)CCC1=O)c1ccccc1. The number of benzene rings is 1. The molecule has 2 rings (SSSR count). The molecule has 0 aliphatic carbocycles. The second-order valence-electron chi connectivity index (χ2n) is 3.94. The van der Waals surface area contributed by atoms with Crippen LogP contribution in [0.4, 0.5) is 0 Å². The molecule has 1 aliphatic rings. The van der Waals surface area contributed by atoms with Gasteiger partial charge in [0.15, 0.2) is 0 Å². The Hall–Kier alpha value is -2.17. The van der Waals surface area contributed by atoms with Crippen molar-refractivity contribution in [3.8, 4) is 0 Å². The third-order valence-electron chi connectivity index (χ3n) is 2.71. The van der Waals surface area contributed by atoms with Gasteiger partial charge in [-0.2, -0.15) is 0 Å². The molecule has 18 heavy (non-hydrogen) atoms. The number of ether oxygens (including phenoxy) is 1. The first-order valence-corrected chi connectivity index (χ1v) is 5.74. The maximum Gasteiger partial charge on any atom is 0.338 e. The van der Waals surface area contributed by atoms with Gasteiger partial charge in [0, 0.05) is 12.8 Å². The summed E-state index contributed by atoms with van der Waals surface area (Å²) in [6.07, 6.45) is 0.511. The molecule has 0 saturated carbocycles. The lowest BCUT2D eigenvalue weighted by atomic mass is 10.2. The highest BCUT2D eigenvalue weighted by molar-refractivity contribution is 6.01. The molecule has 1 fully saturated rings. The van der Waals surface area contributed by atoms with Crippen molar-refractivity contribution >= 4 is 17.8 Å². The van der Waals surface area contributed by atoms with Gasteiger partial charge < -0.3 is 4.74 Å². The van der Waals surface area contributed by atoms with Crippen molar-refractivity contribution in [3.63, 3.8) is 0 Å². The largest absolute Gasteiger partial charge is 0.460 e. The van der Waals surface area contributed by atoms with E-state index in [1.165, 1.54) is 0 Å². The monoisotopic (exact) mass is 247 g/mol. The van der Waals surface area contributed by atoms with Crippen LogP contribution in [0.5, 0.6) is 0 Å². The molecule has 0 spiro atoms. The van der Waals surface area contributed by atoms with Crippen molar-refractivity contribution in [1.29, 1.82) is 0 Å². The van der Waals surface area contributed by atoms with Crippen molar-refractivity contribution in [2.24, 2.45) is 0 Å². The van der Waals surface area contributed by atoms with Gasteiger partial charge in [-0.3, -0.25) is 14.5 Å². The van der Waals surface area contributed by atoms with E-state index in [4.69, 9.17) is 4.74 Å². The molecule has 0 bridgehead atoms. The van der Waals surface area contributed by atoms with E-state index >= 15 is 0 Å². The minimum atomic E-state index is -0.449. The van der Waals surface area contributed by atoms with Crippen molar-refractivity contribution < 1.29 is 19.1 Å². The summed E-state index contributed by atoms with van der Waals surface area (Å²) in [6.45, 7) is 0.168. The second kappa shape index (κ2) is 5.44. The Labute approximate surface area is 104 Å². The predicted molar refractivity (Wildman–Crippen MR) is 62.7 cm³/mol. The Bertz CT molecular complexity index is 453. The first-order chi connectivity index (χ1) is 8.68. The summed E-state index contributed by atoms with van der Waals surface area (Å²) >= 11 is 0. The van der Waals surface area contributed by atoms with Gasteiger partial charge in [-0.25, -0.2) is 4.79 Å². The molecule has 1 aliphatic heterocycles. The van der Waals surface area contributed by atoms with Crippen LogP contribution in [0.15, 0.2) is 30.3 Å². The van der Waals surface area contributed by atoms with Gasteiger partial charge >= 0.3 is 5.97 Å². The first-order valence-electron chi connectivity index (χ1n) is 5.74. The molecule has 1 aromatic rings. The zero-order valence-electron chi connectivity index (χ0n) is 9.80. The zero-order valence-corrected chi connectivity index (χ0v) is 9.80. The van der Waals surface area contributed by atoms with Crippen LogP contribution < -0.4 is 0 Å². The van der Waals surface area contributed by atoms with Gasteiger partial charge in [-0.05, 0) is 12.1 Å². The van der Waals surface area contributed by atoms with E-state index in [-0.39, 0.29) is 37.8 Å². The van der Waals surface area contributed by atoms with Crippen LogP contribution in [-0.4, -0.2) is 35.8 Å². The second-order valence-corrected chi connectivity index (χ2v) is 3.94. The number of amides is 2. The summed E-state index contributed by atoms with van der Waals surface area (Å²) in [5.41, 5.74) is 0.455. The Morgan fingerprint density at radius 2 is 1.72 bits per heavy atom. The fourth-order valence-electron chi connectivity index (χ4n) is 1.76. The molecule has 0 unspecified atom stereocenters. The van der Waals surface area contributed by atoms with Gasteiger partial charge in [0.25, 0.3) is 0 Å². The number of carbonyl (C=O) groups excluding carboxylic acids is 3. The summed E-state index contributed by atoms with van der Waals surface area (Å²) in [7, 11) is 0. The van der Waals surface area contributed by atoms with Crippen molar-refractivity contribution in [3.05, 3.63) is 35.9 Å². The molecule has 5 nitrogen and oxygen atoms in total. The van der Waals surface area contributed by atoms with E-state index in [2.05, 4.69) is 0 Å². The fourth-order valence-corrected chi connectivity index (χ4v) is 1.76. The number of carbonyl (C=O) groups is 3. The lowest BCUT2D eigenvalue weighted by Crippen LogP contribution is -2.32. The topological polar surface area (TPSA) is 63.7 Å². The van der Waals surface area contributed by atoms with Crippen LogP contribution in [0.2, 0.25) is 0 Å². The van der Waals surface area contributed by atoms with E-state index in [1.807, 2.05) is 0 Å². The summed E-state index contributed by atoms with van der Waals surface area (Å²) in [6, 6.07) is 8.58. The normalized spacial score (nSPS) is 15.0. The highest BCUT2D eigenvalue weighted by Gasteiger charge is 2.28. The van der Waals surface area contributed by atoms with E-state index in [0.29, 0.717) is 5.56 Å². The molecular weight excluding hydrogens is 234 g/mol. The quantitative estimate of drug-likeness (QED) is 0.588. The summed E-state index contributed by atoms with van der Waals surface area (Å²) in [5.74, 6) is -0.846. The molecular formula is C13H13NO4. The number of esters is 1. The van der Waals surface area contributed by atoms with Crippen molar-refractivity contribution in [2.75, 3.05) is 13.2 Å². The number of hydrogen-bond donors (Lipinski definition) is 0. The average Bonchev–Trinajstić information content (AvgIpc) is 2.71. The van der Waals surface area contributed by atoms with E-state index in [9.17, 15) is 14.4 Å². The molecule has 0 aromatic heterocycles. The predicted octanol–water partition coefficient (Wildman–Crippen LogP) is 0.992. The minimum absolute atomic E-state index is 0.0329. The molecule has 0 atom stereocenters. The van der Waals surface area contributed by atoms with Crippen LogP contribution in [0, 0.1) is 0 Å². The molecule has 0 N–H and O–H groups in total. The first kappa shape index (κ1) is 12.3. The highest BCUT2D eigenvalue weighted by atomic mass is 16.5. The molecule has 2 amide bonds. The summed E-state index contributed by atoms with van der Waals surface area (Å²) < 4.78 is 5.00. The molecule has 5 heteroatoms. The molecule has 1 aromatic carbocycles. The lowest BCUT2D eigenvalue weighted by molar-refractivity contribution is -0.138. The number of imide groups is 1. The van der Waals surface area contributed by atoms with Gasteiger partial charge in [0.2, 0.25) is 11.8 Å². The van der Waals surface area contributed by atoms with E-state index in [1.54, 1.807) is 30.3 Å². The Balaban J connectivity index is 1.81. The molecule has 0 radical (unpaired) electrons. The maximum absolute atomic E-state index is 11.6. The Morgan fingerprint density at radius 1 is 1.11 bits per heavy atom. The third-order valence-corrected chi connectivity index (χ3v) is 2.71. The number of nitrogens with zero attached hydrogens (tertiary/aromatic N) is 1. The minimum Gasteiger partial charge on any atom is -0.460 e. The number of hydrogen-bond acceptors (Lipinski definition) is 4. The third kappa shape index (κ3) is 2.74. The van der Waals surface area contributed by atoms with Crippen LogP contribution in [0.1, 0.15) is 23.2 Å². The van der Waals surface area contributed by atoms with Crippen LogP contribution in [0.25, 0.3) is 0 Å². The molecule has 1 heterocycles. The summed E-state index contributed by atoms with van der Waals surface area (Å²) in [4.78, 5) is 35.3. The smallest absolute Gasteiger partial charge is 0.338 e. The number of rotatable bonds is 4.